The van der Waals surface area contributed by atoms with Gasteiger partial charge < -0.3 is 14.5 Å². The van der Waals surface area contributed by atoms with Gasteiger partial charge in [0, 0.05) is 27.2 Å². The number of para-hydroxylation sites is 1. The van der Waals surface area contributed by atoms with E-state index in [0.717, 1.165) is 20.7 Å². The van der Waals surface area contributed by atoms with E-state index in [1.165, 1.54) is 6.26 Å². The minimum absolute atomic E-state index is 0.248. The van der Waals surface area contributed by atoms with Crippen LogP contribution in [0.4, 0.5) is 5.69 Å². The Morgan fingerprint density at radius 1 is 1.14 bits per heavy atom. The molecule has 0 unspecified atom stereocenters. The maximum atomic E-state index is 12.6. The molecule has 2 aromatic carbocycles. The molecule has 1 N–H and O–H groups in total. The number of hydrogen-bond acceptors (Lipinski definition) is 6. The number of ether oxygens (including phenoxy) is 1. The Bertz CT molecular complexity index is 1090. The Labute approximate surface area is 176 Å². The third kappa shape index (κ3) is 5.07. The highest BCUT2D eigenvalue weighted by Gasteiger charge is 2.16. The highest BCUT2D eigenvalue weighted by molar-refractivity contribution is 8.01. The molecule has 0 aliphatic rings. The molecule has 1 amide bonds. The zero-order valence-electron chi connectivity index (χ0n) is 15.6. The van der Waals surface area contributed by atoms with Gasteiger partial charge in [0.2, 0.25) is 0 Å². The van der Waals surface area contributed by atoms with E-state index in [2.05, 4.69) is 10.3 Å². The number of carbonyl (C=O) groups is 1. The molecule has 0 atom stereocenters. The Kier molecular flexibility index (Phi) is 5.97. The molecule has 0 bridgehead atoms. The van der Waals surface area contributed by atoms with E-state index in [9.17, 15) is 4.79 Å². The number of aryl methyl sites for hydroxylation is 1. The molecule has 0 saturated heterocycles. The summed E-state index contributed by atoms with van der Waals surface area (Å²) in [5, 5.41) is 4.89. The van der Waals surface area contributed by atoms with Gasteiger partial charge in [-0.2, -0.15) is 0 Å². The topological polar surface area (TPSA) is 64.4 Å². The van der Waals surface area contributed by atoms with E-state index in [0.29, 0.717) is 11.3 Å². The van der Waals surface area contributed by atoms with Crippen molar-refractivity contribution in [3.05, 3.63) is 89.3 Å². The predicted molar refractivity (Wildman–Crippen MR) is 115 cm³/mol. The van der Waals surface area contributed by atoms with Crippen LogP contribution >= 0.6 is 23.1 Å². The summed E-state index contributed by atoms with van der Waals surface area (Å²) in [7, 11) is 0. The van der Waals surface area contributed by atoms with Crippen molar-refractivity contribution in [2.24, 2.45) is 0 Å². The Morgan fingerprint density at radius 2 is 1.93 bits per heavy atom. The third-order valence-electron chi connectivity index (χ3n) is 4.01. The predicted octanol–water partition coefficient (Wildman–Crippen LogP) is 6.03. The highest BCUT2D eigenvalue weighted by Crippen LogP contribution is 2.31. The maximum Gasteiger partial charge on any atom is 0.291 e. The van der Waals surface area contributed by atoms with Crippen LogP contribution in [0.25, 0.3) is 0 Å². The first kappa shape index (κ1) is 19.3. The first-order valence-electron chi connectivity index (χ1n) is 8.93. The normalized spacial score (nSPS) is 10.7. The number of benzene rings is 2. The smallest absolute Gasteiger partial charge is 0.291 e. The van der Waals surface area contributed by atoms with Gasteiger partial charge in [-0.3, -0.25) is 4.79 Å². The molecule has 0 radical (unpaired) electrons. The van der Waals surface area contributed by atoms with Crippen LogP contribution in [0.5, 0.6) is 5.75 Å². The molecule has 2 heterocycles. The van der Waals surface area contributed by atoms with E-state index >= 15 is 0 Å². The quantitative estimate of drug-likeness (QED) is 0.394. The monoisotopic (exact) mass is 422 g/mol. The lowest BCUT2D eigenvalue weighted by atomic mass is 10.2. The first-order valence-corrected chi connectivity index (χ1v) is 10.6. The molecular weight excluding hydrogens is 404 g/mol. The van der Waals surface area contributed by atoms with Gasteiger partial charge in [-0.05, 0) is 49.4 Å². The van der Waals surface area contributed by atoms with Crippen molar-refractivity contribution in [1.29, 1.82) is 0 Å². The van der Waals surface area contributed by atoms with E-state index in [4.69, 9.17) is 9.15 Å². The van der Waals surface area contributed by atoms with Crippen LogP contribution < -0.4 is 10.1 Å². The lowest BCUT2D eigenvalue weighted by Gasteiger charge is -2.08. The molecule has 29 heavy (non-hydrogen) atoms. The largest absolute Gasteiger partial charge is 0.489 e. The van der Waals surface area contributed by atoms with Gasteiger partial charge in [0.15, 0.2) is 10.1 Å². The number of anilines is 1. The van der Waals surface area contributed by atoms with Gasteiger partial charge in [0.25, 0.3) is 5.91 Å². The number of aromatic nitrogens is 1. The number of hydrogen-bond donors (Lipinski definition) is 1. The zero-order chi connectivity index (χ0) is 20.1. The number of amides is 1. The number of carbonyl (C=O) groups excluding carboxylic acids is 1. The maximum absolute atomic E-state index is 12.6. The van der Waals surface area contributed by atoms with Crippen LogP contribution in [0.2, 0.25) is 0 Å². The molecule has 0 aliphatic heterocycles. The molecule has 4 aromatic rings. The van der Waals surface area contributed by atoms with E-state index in [1.54, 1.807) is 29.2 Å². The van der Waals surface area contributed by atoms with Crippen molar-refractivity contribution < 1.29 is 13.9 Å². The average molecular weight is 423 g/mol. The fourth-order valence-electron chi connectivity index (χ4n) is 2.60. The highest BCUT2D eigenvalue weighted by atomic mass is 32.2. The summed E-state index contributed by atoms with van der Waals surface area (Å²) in [5.74, 6) is 0.679. The van der Waals surface area contributed by atoms with E-state index in [-0.39, 0.29) is 18.3 Å². The molecule has 0 saturated carbocycles. The van der Waals surface area contributed by atoms with Gasteiger partial charge in [-0.1, -0.05) is 30.0 Å². The Balaban J connectivity index is 1.37. The first-order chi connectivity index (χ1) is 14.2. The molecular formula is C22H18N2O3S2. The van der Waals surface area contributed by atoms with Crippen molar-refractivity contribution in [3.8, 4) is 5.75 Å². The molecule has 4 rings (SSSR count). The number of thiazole rings is 1. The minimum atomic E-state index is -0.308. The molecule has 5 nitrogen and oxygen atoms in total. The number of furan rings is 1. The van der Waals surface area contributed by atoms with Crippen molar-refractivity contribution in [2.75, 3.05) is 5.32 Å². The Morgan fingerprint density at radius 3 is 2.66 bits per heavy atom. The minimum Gasteiger partial charge on any atom is -0.489 e. The third-order valence-corrected chi connectivity index (χ3v) is 6.07. The SMILES string of the molecule is Cc1csc(Sc2ccc(NC(=O)c3occc3COc3ccccc3)cc2)n1. The summed E-state index contributed by atoms with van der Waals surface area (Å²) in [6.07, 6.45) is 1.49. The molecule has 146 valence electrons. The molecule has 0 fully saturated rings. The number of rotatable bonds is 7. The van der Waals surface area contributed by atoms with Crippen LogP contribution in [-0.4, -0.2) is 10.9 Å². The second-order valence-electron chi connectivity index (χ2n) is 6.21. The summed E-state index contributed by atoms with van der Waals surface area (Å²) in [6.45, 7) is 2.24. The summed E-state index contributed by atoms with van der Waals surface area (Å²) >= 11 is 3.22. The second-order valence-corrected chi connectivity index (χ2v) is 8.39. The van der Waals surface area contributed by atoms with Gasteiger partial charge in [-0.15, -0.1) is 11.3 Å². The number of nitrogens with zero attached hydrogens (tertiary/aromatic N) is 1. The molecule has 7 heteroatoms. The van der Waals surface area contributed by atoms with Crippen LogP contribution in [-0.2, 0) is 6.61 Å². The van der Waals surface area contributed by atoms with Crippen LogP contribution in [0, 0.1) is 6.92 Å². The number of nitrogens with one attached hydrogen (secondary N) is 1. The van der Waals surface area contributed by atoms with Crippen molar-refractivity contribution in [2.45, 2.75) is 22.8 Å². The van der Waals surface area contributed by atoms with Gasteiger partial charge in [0.05, 0.1) is 6.26 Å². The summed E-state index contributed by atoms with van der Waals surface area (Å²) in [6, 6.07) is 18.8. The van der Waals surface area contributed by atoms with Crippen molar-refractivity contribution in [3.63, 3.8) is 0 Å². The second kappa shape index (κ2) is 8.98. The van der Waals surface area contributed by atoms with Gasteiger partial charge >= 0.3 is 0 Å². The zero-order valence-corrected chi connectivity index (χ0v) is 17.3. The Hall–Kier alpha value is -3.03. The van der Waals surface area contributed by atoms with E-state index < -0.39 is 0 Å². The van der Waals surface area contributed by atoms with Crippen molar-refractivity contribution in [1.82, 2.24) is 4.98 Å². The lowest BCUT2D eigenvalue weighted by Crippen LogP contribution is -2.13. The fraction of sp³-hybridized carbons (Fsp3) is 0.0909. The average Bonchev–Trinajstić information content (AvgIpc) is 3.37. The standard InChI is InChI=1S/C22H18N2O3S2/c1-15-14-28-22(23-15)29-19-9-7-17(8-10-19)24-21(25)20-16(11-12-26-20)13-27-18-5-3-2-4-6-18/h2-12,14H,13H2,1H3,(H,24,25). The summed E-state index contributed by atoms with van der Waals surface area (Å²) < 4.78 is 12.1. The summed E-state index contributed by atoms with van der Waals surface area (Å²) in [5.41, 5.74) is 2.41. The molecule has 0 spiro atoms. The molecule has 2 aromatic heterocycles. The van der Waals surface area contributed by atoms with E-state index in [1.807, 2.05) is 66.9 Å². The van der Waals surface area contributed by atoms with Crippen LogP contribution in [0.3, 0.4) is 0 Å². The van der Waals surface area contributed by atoms with Gasteiger partial charge in [-0.25, -0.2) is 4.98 Å². The van der Waals surface area contributed by atoms with Gasteiger partial charge in [0.1, 0.15) is 12.4 Å². The fourth-order valence-corrected chi connectivity index (χ4v) is 4.41. The summed E-state index contributed by atoms with van der Waals surface area (Å²) in [4.78, 5) is 18.1. The van der Waals surface area contributed by atoms with Crippen molar-refractivity contribution >= 4 is 34.7 Å². The lowest BCUT2D eigenvalue weighted by molar-refractivity contribution is 0.0993. The molecule has 0 aliphatic carbocycles. The van der Waals surface area contributed by atoms with Crippen LogP contribution in [0.1, 0.15) is 21.8 Å². The van der Waals surface area contributed by atoms with Crippen LogP contribution in [0.15, 0.2) is 86.0 Å².